The van der Waals surface area contributed by atoms with E-state index in [2.05, 4.69) is 15.6 Å². The van der Waals surface area contributed by atoms with Crippen molar-refractivity contribution < 1.29 is 9.21 Å². The molecule has 4 rings (SSSR count). The number of nitrogens with zero attached hydrogens (tertiary/aromatic N) is 3. The van der Waals surface area contributed by atoms with Gasteiger partial charge in [-0.2, -0.15) is 0 Å². The molecule has 1 amide bonds. The highest BCUT2D eigenvalue weighted by molar-refractivity contribution is 6.30. The highest BCUT2D eigenvalue weighted by Gasteiger charge is 2.12. The van der Waals surface area contributed by atoms with Crippen LogP contribution in [0.4, 0.5) is 0 Å². The third-order valence-electron chi connectivity index (χ3n) is 3.96. The Labute approximate surface area is 160 Å². The van der Waals surface area contributed by atoms with Crippen LogP contribution in [0.25, 0.3) is 17.0 Å². The highest BCUT2D eigenvalue weighted by Crippen LogP contribution is 2.23. The van der Waals surface area contributed by atoms with Crippen LogP contribution in [-0.4, -0.2) is 20.9 Å². The molecule has 0 saturated heterocycles. The standard InChI is InChI=1S/C20H15ClN4O2/c21-15-8-6-14(7-9-15)19-11-10-17(27-19)12-22-20(26)18-13-25(24-23-18)16-4-2-1-3-5-16/h1-11,13H,12H2,(H,22,26). The number of halogens is 1. The fourth-order valence-corrected chi connectivity index (χ4v) is 2.70. The molecule has 0 atom stereocenters. The van der Waals surface area contributed by atoms with Gasteiger partial charge in [-0.25, -0.2) is 4.68 Å². The van der Waals surface area contributed by atoms with E-state index in [0.717, 1.165) is 11.3 Å². The number of para-hydroxylation sites is 1. The summed E-state index contributed by atoms with van der Waals surface area (Å²) in [4.78, 5) is 12.3. The lowest BCUT2D eigenvalue weighted by Gasteiger charge is -2.01. The van der Waals surface area contributed by atoms with E-state index in [1.807, 2.05) is 54.6 Å². The molecule has 27 heavy (non-hydrogen) atoms. The lowest BCUT2D eigenvalue weighted by Crippen LogP contribution is -2.22. The van der Waals surface area contributed by atoms with Crippen molar-refractivity contribution in [3.05, 3.63) is 89.4 Å². The molecule has 4 aromatic rings. The number of hydrogen-bond donors (Lipinski definition) is 1. The number of carbonyl (C=O) groups excluding carboxylic acids is 1. The van der Waals surface area contributed by atoms with Crippen LogP contribution in [0.15, 0.2) is 77.3 Å². The summed E-state index contributed by atoms with van der Waals surface area (Å²) in [7, 11) is 0. The van der Waals surface area contributed by atoms with Gasteiger partial charge in [0, 0.05) is 10.6 Å². The zero-order valence-corrected chi connectivity index (χ0v) is 14.9. The lowest BCUT2D eigenvalue weighted by atomic mass is 10.2. The summed E-state index contributed by atoms with van der Waals surface area (Å²) in [5.74, 6) is 1.04. The first-order chi connectivity index (χ1) is 13.2. The number of hydrogen-bond acceptors (Lipinski definition) is 4. The van der Waals surface area contributed by atoms with Gasteiger partial charge in [0.05, 0.1) is 18.4 Å². The number of rotatable bonds is 5. The van der Waals surface area contributed by atoms with Crippen molar-refractivity contribution in [1.29, 1.82) is 0 Å². The van der Waals surface area contributed by atoms with Gasteiger partial charge in [0.2, 0.25) is 0 Å². The Morgan fingerprint density at radius 2 is 1.81 bits per heavy atom. The molecule has 0 aliphatic carbocycles. The molecule has 0 saturated carbocycles. The smallest absolute Gasteiger partial charge is 0.273 e. The molecule has 0 fully saturated rings. The first-order valence-corrected chi connectivity index (χ1v) is 8.67. The van der Waals surface area contributed by atoms with Gasteiger partial charge >= 0.3 is 0 Å². The zero-order valence-electron chi connectivity index (χ0n) is 14.2. The van der Waals surface area contributed by atoms with Gasteiger partial charge in [-0.3, -0.25) is 4.79 Å². The van der Waals surface area contributed by atoms with Crippen LogP contribution < -0.4 is 5.32 Å². The van der Waals surface area contributed by atoms with Crippen LogP contribution in [0.5, 0.6) is 0 Å². The van der Waals surface area contributed by atoms with Gasteiger partial charge in [-0.15, -0.1) is 5.10 Å². The van der Waals surface area contributed by atoms with Crippen LogP contribution in [0.2, 0.25) is 5.02 Å². The fourth-order valence-electron chi connectivity index (χ4n) is 2.57. The van der Waals surface area contributed by atoms with Gasteiger partial charge < -0.3 is 9.73 Å². The molecule has 2 heterocycles. The number of amides is 1. The first-order valence-electron chi connectivity index (χ1n) is 8.30. The summed E-state index contributed by atoms with van der Waals surface area (Å²) < 4.78 is 7.33. The molecule has 7 heteroatoms. The molecule has 0 radical (unpaired) electrons. The minimum atomic E-state index is -0.318. The zero-order chi connectivity index (χ0) is 18.6. The quantitative estimate of drug-likeness (QED) is 0.567. The Morgan fingerprint density at radius 3 is 2.59 bits per heavy atom. The summed E-state index contributed by atoms with van der Waals surface area (Å²) in [5.41, 5.74) is 1.99. The van der Waals surface area contributed by atoms with Crippen molar-refractivity contribution in [3.8, 4) is 17.0 Å². The molecule has 6 nitrogen and oxygen atoms in total. The average Bonchev–Trinajstić information content (AvgIpc) is 3.37. The molecular weight excluding hydrogens is 364 g/mol. The second-order valence-electron chi connectivity index (χ2n) is 5.84. The maximum absolute atomic E-state index is 12.3. The number of nitrogens with one attached hydrogen (secondary N) is 1. The molecule has 0 bridgehead atoms. The molecule has 134 valence electrons. The summed E-state index contributed by atoms with van der Waals surface area (Å²) in [6, 6.07) is 20.5. The van der Waals surface area contributed by atoms with E-state index in [-0.39, 0.29) is 18.1 Å². The van der Waals surface area contributed by atoms with Gasteiger partial charge in [0.25, 0.3) is 5.91 Å². The van der Waals surface area contributed by atoms with Crippen LogP contribution in [0, 0.1) is 0 Å². The van der Waals surface area contributed by atoms with Crippen molar-refractivity contribution in [2.45, 2.75) is 6.54 Å². The lowest BCUT2D eigenvalue weighted by molar-refractivity contribution is 0.0943. The summed E-state index contributed by atoms with van der Waals surface area (Å²) in [6.07, 6.45) is 1.59. The number of furan rings is 1. The van der Waals surface area contributed by atoms with E-state index in [0.29, 0.717) is 16.5 Å². The van der Waals surface area contributed by atoms with Crippen LogP contribution in [-0.2, 0) is 6.54 Å². The SMILES string of the molecule is O=C(NCc1ccc(-c2ccc(Cl)cc2)o1)c1cn(-c2ccccc2)nn1. The van der Waals surface area contributed by atoms with E-state index in [4.69, 9.17) is 16.0 Å². The molecule has 0 aliphatic heterocycles. The highest BCUT2D eigenvalue weighted by atomic mass is 35.5. The second-order valence-corrected chi connectivity index (χ2v) is 6.28. The molecule has 2 aromatic carbocycles. The molecule has 2 aromatic heterocycles. The third-order valence-corrected chi connectivity index (χ3v) is 4.21. The summed E-state index contributed by atoms with van der Waals surface area (Å²) in [5, 5.41) is 11.4. The molecule has 0 aliphatic rings. The largest absolute Gasteiger partial charge is 0.459 e. The van der Waals surface area contributed by atoms with E-state index < -0.39 is 0 Å². The van der Waals surface area contributed by atoms with Crippen LogP contribution in [0.1, 0.15) is 16.2 Å². The summed E-state index contributed by atoms with van der Waals surface area (Å²) >= 11 is 5.90. The normalized spacial score (nSPS) is 10.7. The molecule has 0 unspecified atom stereocenters. The third kappa shape index (κ3) is 3.91. The number of benzene rings is 2. The monoisotopic (exact) mass is 378 g/mol. The van der Waals surface area contributed by atoms with E-state index in [1.165, 1.54) is 0 Å². The van der Waals surface area contributed by atoms with Gasteiger partial charge in [0.1, 0.15) is 11.5 Å². The average molecular weight is 379 g/mol. The Balaban J connectivity index is 1.40. The topological polar surface area (TPSA) is 73.0 Å². The minimum absolute atomic E-state index is 0.239. The number of aromatic nitrogens is 3. The Hall–Kier alpha value is -3.38. The molecule has 0 spiro atoms. The predicted octanol–water partition coefficient (Wildman–Crippen LogP) is 4.11. The fraction of sp³-hybridized carbons (Fsp3) is 0.0500. The van der Waals surface area contributed by atoms with Crippen LogP contribution in [0.3, 0.4) is 0 Å². The van der Waals surface area contributed by atoms with Gasteiger partial charge in [0.15, 0.2) is 5.69 Å². The minimum Gasteiger partial charge on any atom is -0.459 e. The van der Waals surface area contributed by atoms with E-state index >= 15 is 0 Å². The summed E-state index contributed by atoms with van der Waals surface area (Å²) in [6.45, 7) is 0.255. The molecular formula is C20H15ClN4O2. The van der Waals surface area contributed by atoms with Crippen LogP contribution >= 0.6 is 11.6 Å². The van der Waals surface area contributed by atoms with Crippen molar-refractivity contribution in [1.82, 2.24) is 20.3 Å². The van der Waals surface area contributed by atoms with Gasteiger partial charge in [-0.1, -0.05) is 35.0 Å². The predicted molar refractivity (Wildman–Crippen MR) is 102 cm³/mol. The Morgan fingerprint density at radius 1 is 1.04 bits per heavy atom. The van der Waals surface area contributed by atoms with E-state index in [9.17, 15) is 4.79 Å². The van der Waals surface area contributed by atoms with E-state index in [1.54, 1.807) is 23.0 Å². The maximum atomic E-state index is 12.3. The van der Waals surface area contributed by atoms with Gasteiger partial charge in [-0.05, 0) is 48.5 Å². The first kappa shape index (κ1) is 17.1. The van der Waals surface area contributed by atoms with Crippen molar-refractivity contribution in [3.63, 3.8) is 0 Å². The van der Waals surface area contributed by atoms with Crippen molar-refractivity contribution in [2.24, 2.45) is 0 Å². The maximum Gasteiger partial charge on any atom is 0.273 e. The Kier molecular flexibility index (Phi) is 4.72. The van der Waals surface area contributed by atoms with Crippen molar-refractivity contribution >= 4 is 17.5 Å². The molecule has 1 N–H and O–H groups in total. The Bertz CT molecular complexity index is 1060. The van der Waals surface area contributed by atoms with Crippen molar-refractivity contribution in [2.75, 3.05) is 0 Å². The second kappa shape index (κ2) is 7.47. The number of carbonyl (C=O) groups is 1.